The summed E-state index contributed by atoms with van der Waals surface area (Å²) in [6.07, 6.45) is 1.14. The number of halogens is 1. The van der Waals surface area contributed by atoms with Crippen LogP contribution in [0.1, 0.15) is 6.42 Å². The van der Waals surface area contributed by atoms with Gasteiger partial charge in [0.25, 0.3) is 0 Å². The van der Waals surface area contributed by atoms with E-state index in [0.29, 0.717) is 5.92 Å². The van der Waals surface area contributed by atoms with Crippen LogP contribution in [0.4, 0.5) is 5.13 Å². The fraction of sp³-hybridized carbons (Fsp3) is 0.417. The fourth-order valence-corrected chi connectivity index (χ4v) is 3.13. The molecule has 0 radical (unpaired) electrons. The van der Waals surface area contributed by atoms with Gasteiger partial charge in [0.05, 0.1) is 21.8 Å². The molecule has 2 heterocycles. The zero-order chi connectivity index (χ0) is 11.7. The van der Waals surface area contributed by atoms with Crippen LogP contribution in [0.25, 0.3) is 10.2 Å². The second kappa shape index (κ2) is 4.80. The summed E-state index contributed by atoms with van der Waals surface area (Å²) in [5.74, 6) is 0.609. The monoisotopic (exact) mass is 268 g/mol. The van der Waals surface area contributed by atoms with E-state index in [2.05, 4.69) is 10.3 Å². The zero-order valence-corrected chi connectivity index (χ0v) is 10.9. The Morgan fingerprint density at radius 2 is 2.47 bits per heavy atom. The van der Waals surface area contributed by atoms with E-state index in [1.54, 1.807) is 11.3 Å². The van der Waals surface area contributed by atoms with Crippen molar-refractivity contribution >= 4 is 38.3 Å². The molecule has 5 heteroatoms. The van der Waals surface area contributed by atoms with Crippen LogP contribution >= 0.6 is 22.9 Å². The molecule has 1 aliphatic heterocycles. The highest BCUT2D eigenvalue weighted by molar-refractivity contribution is 7.22. The Kier molecular flexibility index (Phi) is 3.18. The van der Waals surface area contributed by atoms with Gasteiger partial charge in [-0.15, -0.1) is 0 Å². The molecule has 1 N–H and O–H groups in total. The van der Waals surface area contributed by atoms with Gasteiger partial charge in [-0.05, 0) is 18.6 Å². The second-order valence-electron chi connectivity index (χ2n) is 4.22. The number of aromatic nitrogens is 1. The van der Waals surface area contributed by atoms with Gasteiger partial charge in [0.2, 0.25) is 0 Å². The van der Waals surface area contributed by atoms with Crippen LogP contribution in [0.3, 0.4) is 0 Å². The Balaban J connectivity index is 1.74. The van der Waals surface area contributed by atoms with Crippen LogP contribution in [0, 0.1) is 5.92 Å². The number of ether oxygens (including phenoxy) is 1. The third-order valence-corrected chi connectivity index (χ3v) is 4.42. The van der Waals surface area contributed by atoms with Gasteiger partial charge < -0.3 is 10.1 Å². The first-order chi connectivity index (χ1) is 8.33. The molecule has 1 unspecified atom stereocenters. The summed E-state index contributed by atoms with van der Waals surface area (Å²) in [4.78, 5) is 4.52. The lowest BCUT2D eigenvalue weighted by molar-refractivity contribution is 0.187. The van der Waals surface area contributed by atoms with Crippen molar-refractivity contribution in [1.82, 2.24) is 4.98 Å². The molecule has 17 heavy (non-hydrogen) atoms. The van der Waals surface area contributed by atoms with Gasteiger partial charge in [0.15, 0.2) is 5.13 Å². The molecular formula is C12H13ClN2OS. The van der Waals surface area contributed by atoms with Crippen molar-refractivity contribution in [3.8, 4) is 0 Å². The van der Waals surface area contributed by atoms with Crippen molar-refractivity contribution in [3.05, 3.63) is 23.2 Å². The summed E-state index contributed by atoms with van der Waals surface area (Å²) in [7, 11) is 0. The number of benzene rings is 1. The lowest BCUT2D eigenvalue weighted by atomic mass is 10.1. The quantitative estimate of drug-likeness (QED) is 0.926. The van der Waals surface area contributed by atoms with Crippen molar-refractivity contribution in [2.45, 2.75) is 6.42 Å². The highest BCUT2D eigenvalue weighted by Crippen LogP contribution is 2.31. The highest BCUT2D eigenvalue weighted by Gasteiger charge is 2.16. The van der Waals surface area contributed by atoms with E-state index < -0.39 is 0 Å². The molecule has 1 atom stereocenters. The lowest BCUT2D eigenvalue weighted by Gasteiger charge is -2.07. The smallest absolute Gasteiger partial charge is 0.183 e. The van der Waals surface area contributed by atoms with Crippen LogP contribution in [0.2, 0.25) is 5.02 Å². The topological polar surface area (TPSA) is 34.2 Å². The van der Waals surface area contributed by atoms with Crippen molar-refractivity contribution in [2.75, 3.05) is 25.1 Å². The number of hydrogen-bond donors (Lipinski definition) is 1. The normalized spacial score (nSPS) is 19.9. The van der Waals surface area contributed by atoms with Crippen molar-refractivity contribution < 1.29 is 4.74 Å². The molecule has 0 spiro atoms. The Hall–Kier alpha value is -0.840. The molecular weight excluding hydrogens is 256 g/mol. The lowest BCUT2D eigenvalue weighted by Crippen LogP contribution is -2.13. The van der Waals surface area contributed by atoms with Gasteiger partial charge in [-0.25, -0.2) is 4.98 Å². The fourth-order valence-electron chi connectivity index (χ4n) is 1.97. The molecule has 1 fully saturated rings. The maximum absolute atomic E-state index is 6.12. The number of anilines is 1. The molecule has 90 valence electrons. The van der Waals surface area contributed by atoms with E-state index in [1.165, 1.54) is 0 Å². The van der Waals surface area contributed by atoms with E-state index >= 15 is 0 Å². The molecule has 0 saturated carbocycles. The van der Waals surface area contributed by atoms with Crippen molar-refractivity contribution in [1.29, 1.82) is 0 Å². The minimum Gasteiger partial charge on any atom is -0.381 e. The summed E-state index contributed by atoms with van der Waals surface area (Å²) in [6, 6.07) is 5.82. The predicted molar refractivity (Wildman–Crippen MR) is 72.0 cm³/mol. The Morgan fingerprint density at radius 3 is 3.24 bits per heavy atom. The number of rotatable bonds is 3. The van der Waals surface area contributed by atoms with Crippen LogP contribution in [0.5, 0.6) is 0 Å². The van der Waals surface area contributed by atoms with Crippen LogP contribution < -0.4 is 5.32 Å². The predicted octanol–water partition coefficient (Wildman–Crippen LogP) is 3.40. The number of hydrogen-bond acceptors (Lipinski definition) is 4. The van der Waals surface area contributed by atoms with E-state index in [0.717, 1.165) is 46.6 Å². The average Bonchev–Trinajstić information content (AvgIpc) is 2.95. The van der Waals surface area contributed by atoms with Crippen LogP contribution in [-0.2, 0) is 4.74 Å². The Morgan fingerprint density at radius 1 is 1.53 bits per heavy atom. The summed E-state index contributed by atoms with van der Waals surface area (Å²) in [5, 5.41) is 5.09. The van der Waals surface area contributed by atoms with Crippen molar-refractivity contribution in [3.63, 3.8) is 0 Å². The number of fused-ring (bicyclic) bond motifs is 1. The van der Waals surface area contributed by atoms with Gasteiger partial charge in [0.1, 0.15) is 0 Å². The van der Waals surface area contributed by atoms with Crippen LogP contribution in [0.15, 0.2) is 18.2 Å². The number of thiazole rings is 1. The molecule has 0 amide bonds. The number of nitrogens with zero attached hydrogens (tertiary/aromatic N) is 1. The summed E-state index contributed by atoms with van der Waals surface area (Å²) in [5.41, 5.74) is 0.965. The third kappa shape index (κ3) is 2.39. The molecule has 1 aliphatic rings. The van der Waals surface area contributed by atoms with Gasteiger partial charge in [-0.1, -0.05) is 29.0 Å². The van der Waals surface area contributed by atoms with Gasteiger partial charge in [-0.3, -0.25) is 0 Å². The minimum absolute atomic E-state index is 0.609. The SMILES string of the molecule is Clc1cccc2nc(NCC3CCOC3)sc12. The van der Waals surface area contributed by atoms with Gasteiger partial charge in [-0.2, -0.15) is 0 Å². The first-order valence-electron chi connectivity index (χ1n) is 5.69. The number of nitrogens with one attached hydrogen (secondary N) is 1. The molecule has 1 aromatic carbocycles. The molecule has 0 aliphatic carbocycles. The Bertz CT molecular complexity index is 522. The molecule has 0 bridgehead atoms. The molecule has 3 nitrogen and oxygen atoms in total. The summed E-state index contributed by atoms with van der Waals surface area (Å²) >= 11 is 7.73. The molecule has 3 rings (SSSR count). The maximum Gasteiger partial charge on any atom is 0.183 e. The largest absolute Gasteiger partial charge is 0.381 e. The highest BCUT2D eigenvalue weighted by atomic mass is 35.5. The van der Waals surface area contributed by atoms with E-state index in [9.17, 15) is 0 Å². The van der Waals surface area contributed by atoms with Gasteiger partial charge in [0, 0.05) is 19.1 Å². The Labute approximate surface area is 109 Å². The van der Waals surface area contributed by atoms with Gasteiger partial charge >= 0.3 is 0 Å². The maximum atomic E-state index is 6.12. The molecule has 2 aromatic rings. The second-order valence-corrected chi connectivity index (χ2v) is 5.62. The summed E-state index contributed by atoms with van der Waals surface area (Å²) < 4.78 is 6.40. The standard InChI is InChI=1S/C12H13ClN2OS/c13-9-2-1-3-10-11(9)17-12(15-10)14-6-8-4-5-16-7-8/h1-3,8H,4-7H2,(H,14,15). The zero-order valence-electron chi connectivity index (χ0n) is 9.28. The van der Waals surface area contributed by atoms with E-state index in [-0.39, 0.29) is 0 Å². The van der Waals surface area contributed by atoms with E-state index in [1.807, 2.05) is 18.2 Å². The summed E-state index contributed by atoms with van der Waals surface area (Å²) in [6.45, 7) is 2.67. The first-order valence-corrected chi connectivity index (χ1v) is 6.89. The van der Waals surface area contributed by atoms with E-state index in [4.69, 9.17) is 16.3 Å². The van der Waals surface area contributed by atoms with Crippen molar-refractivity contribution in [2.24, 2.45) is 5.92 Å². The molecule has 1 saturated heterocycles. The first kappa shape index (κ1) is 11.3. The molecule has 1 aromatic heterocycles. The minimum atomic E-state index is 0.609. The third-order valence-electron chi connectivity index (χ3n) is 2.93. The average molecular weight is 269 g/mol. The van der Waals surface area contributed by atoms with Crippen LogP contribution in [-0.4, -0.2) is 24.7 Å².